The molecule has 1 aliphatic carbocycles. The largest absolute Gasteiger partial charge is 0.508 e. The van der Waals surface area contributed by atoms with E-state index in [-0.39, 0.29) is 23.1 Å². The molecule has 18 heavy (non-hydrogen) atoms. The highest BCUT2D eigenvalue weighted by atomic mass is 16.3. The first-order chi connectivity index (χ1) is 8.56. The van der Waals surface area contributed by atoms with Gasteiger partial charge in [-0.15, -0.1) is 0 Å². The molecule has 1 aliphatic rings. The van der Waals surface area contributed by atoms with Crippen LogP contribution in [0.2, 0.25) is 0 Å². The molecule has 0 unspecified atom stereocenters. The van der Waals surface area contributed by atoms with Gasteiger partial charge in [-0.25, -0.2) is 0 Å². The van der Waals surface area contributed by atoms with Crippen molar-refractivity contribution in [2.24, 2.45) is 0 Å². The van der Waals surface area contributed by atoms with Crippen LogP contribution in [0.1, 0.15) is 36.0 Å². The maximum Gasteiger partial charge on any atom is 0.251 e. The van der Waals surface area contributed by atoms with Crippen LogP contribution in [0, 0.1) is 0 Å². The van der Waals surface area contributed by atoms with Crippen LogP contribution in [0.15, 0.2) is 18.2 Å². The van der Waals surface area contributed by atoms with Crippen LogP contribution < -0.4 is 5.32 Å². The molecule has 0 radical (unpaired) electrons. The average Bonchev–Trinajstić information content (AvgIpc) is 2.31. The lowest BCUT2D eigenvalue weighted by atomic mass is 9.92. The van der Waals surface area contributed by atoms with Crippen LogP contribution in [0.4, 0.5) is 0 Å². The second-order valence-corrected chi connectivity index (χ2v) is 4.67. The van der Waals surface area contributed by atoms with E-state index >= 15 is 0 Å². The molecule has 2 rings (SSSR count). The molecule has 0 heterocycles. The monoisotopic (exact) mass is 251 g/mol. The maximum atomic E-state index is 11.9. The molecule has 1 aromatic rings. The van der Waals surface area contributed by atoms with E-state index in [2.05, 4.69) is 5.32 Å². The minimum Gasteiger partial charge on any atom is -0.508 e. The Morgan fingerprint density at radius 3 is 2.33 bits per heavy atom. The van der Waals surface area contributed by atoms with Gasteiger partial charge in [0.25, 0.3) is 5.91 Å². The smallest absolute Gasteiger partial charge is 0.251 e. The number of rotatable bonds is 2. The number of hydrogen-bond acceptors (Lipinski definition) is 4. The van der Waals surface area contributed by atoms with Crippen molar-refractivity contribution in [1.82, 2.24) is 5.32 Å². The number of aliphatic hydroxyl groups excluding tert-OH is 1. The molecular formula is C13H17NO4. The third-order valence-corrected chi connectivity index (χ3v) is 3.21. The number of amides is 1. The number of benzene rings is 1. The number of phenols is 2. The second-order valence-electron chi connectivity index (χ2n) is 4.67. The van der Waals surface area contributed by atoms with Crippen LogP contribution in [-0.4, -0.2) is 33.4 Å². The van der Waals surface area contributed by atoms with E-state index in [9.17, 15) is 20.1 Å². The molecule has 0 bridgehead atoms. The molecule has 0 spiro atoms. The van der Waals surface area contributed by atoms with Crippen LogP contribution in [-0.2, 0) is 0 Å². The Morgan fingerprint density at radius 1 is 1.11 bits per heavy atom. The van der Waals surface area contributed by atoms with Crippen molar-refractivity contribution in [3.63, 3.8) is 0 Å². The first-order valence-electron chi connectivity index (χ1n) is 6.08. The van der Waals surface area contributed by atoms with E-state index in [1.165, 1.54) is 12.1 Å². The highest BCUT2D eigenvalue weighted by Gasteiger charge is 2.25. The Bertz CT molecular complexity index is 426. The Labute approximate surface area is 105 Å². The van der Waals surface area contributed by atoms with Crippen molar-refractivity contribution in [1.29, 1.82) is 0 Å². The summed E-state index contributed by atoms with van der Waals surface area (Å²) in [7, 11) is 0. The fourth-order valence-corrected chi connectivity index (χ4v) is 2.26. The summed E-state index contributed by atoms with van der Waals surface area (Å²) >= 11 is 0. The molecule has 4 N–H and O–H groups in total. The number of hydrogen-bond donors (Lipinski definition) is 4. The zero-order valence-electron chi connectivity index (χ0n) is 9.97. The van der Waals surface area contributed by atoms with E-state index in [0.717, 1.165) is 25.3 Å². The Kier molecular flexibility index (Phi) is 3.72. The highest BCUT2D eigenvalue weighted by Crippen LogP contribution is 2.22. The van der Waals surface area contributed by atoms with Crippen molar-refractivity contribution < 1.29 is 20.1 Å². The van der Waals surface area contributed by atoms with Gasteiger partial charge in [-0.1, -0.05) is 12.8 Å². The van der Waals surface area contributed by atoms with Gasteiger partial charge < -0.3 is 20.6 Å². The predicted molar refractivity (Wildman–Crippen MR) is 65.5 cm³/mol. The van der Waals surface area contributed by atoms with Crippen molar-refractivity contribution in [2.75, 3.05) is 0 Å². The van der Waals surface area contributed by atoms with Gasteiger partial charge in [0.05, 0.1) is 12.1 Å². The van der Waals surface area contributed by atoms with Gasteiger partial charge in [-0.3, -0.25) is 4.79 Å². The third-order valence-electron chi connectivity index (χ3n) is 3.21. The minimum absolute atomic E-state index is 0.163. The van der Waals surface area contributed by atoms with Gasteiger partial charge in [0.2, 0.25) is 0 Å². The number of carbonyl (C=O) groups excluding carboxylic acids is 1. The normalized spacial score (nSPS) is 23.6. The van der Waals surface area contributed by atoms with Gasteiger partial charge in [-0.05, 0) is 25.0 Å². The van der Waals surface area contributed by atoms with E-state index in [1.54, 1.807) is 0 Å². The zero-order chi connectivity index (χ0) is 13.1. The summed E-state index contributed by atoms with van der Waals surface area (Å²) in [4.78, 5) is 11.9. The average molecular weight is 251 g/mol. The SMILES string of the molecule is O=C(N[C@H]1CCCC[C@@H]1O)c1cc(O)cc(O)c1. The number of carbonyl (C=O) groups is 1. The molecule has 1 aromatic carbocycles. The summed E-state index contributed by atoms with van der Waals surface area (Å²) < 4.78 is 0. The second kappa shape index (κ2) is 5.27. The first-order valence-corrected chi connectivity index (χ1v) is 6.08. The Hall–Kier alpha value is -1.75. The molecule has 0 saturated heterocycles. The standard InChI is InChI=1S/C13H17NO4/c15-9-5-8(6-10(16)7-9)13(18)14-11-3-1-2-4-12(11)17/h5-7,11-12,15-17H,1-4H2,(H,14,18)/t11-,12-/m0/s1. The summed E-state index contributed by atoms with van der Waals surface area (Å²) in [6.07, 6.45) is 2.87. The van der Waals surface area contributed by atoms with Crippen LogP contribution in [0.3, 0.4) is 0 Å². The fourth-order valence-electron chi connectivity index (χ4n) is 2.26. The summed E-state index contributed by atoms with van der Waals surface area (Å²) in [5.74, 6) is -0.721. The van der Waals surface area contributed by atoms with E-state index in [4.69, 9.17) is 0 Å². The highest BCUT2D eigenvalue weighted by molar-refractivity contribution is 5.95. The maximum absolute atomic E-state index is 11.9. The number of aliphatic hydroxyl groups is 1. The van der Waals surface area contributed by atoms with Gasteiger partial charge in [0, 0.05) is 11.6 Å². The van der Waals surface area contributed by atoms with Crippen LogP contribution in [0.25, 0.3) is 0 Å². The van der Waals surface area contributed by atoms with Crippen LogP contribution in [0.5, 0.6) is 11.5 Å². The Morgan fingerprint density at radius 2 is 1.72 bits per heavy atom. The van der Waals surface area contributed by atoms with Gasteiger partial charge >= 0.3 is 0 Å². The lowest BCUT2D eigenvalue weighted by Gasteiger charge is -2.28. The summed E-state index contributed by atoms with van der Waals surface area (Å²) in [6.45, 7) is 0. The number of phenolic OH excluding ortho intramolecular Hbond substituents is 2. The van der Waals surface area contributed by atoms with Crippen molar-refractivity contribution in [3.8, 4) is 11.5 Å². The van der Waals surface area contributed by atoms with Crippen molar-refractivity contribution in [3.05, 3.63) is 23.8 Å². The Balaban J connectivity index is 2.06. The van der Waals surface area contributed by atoms with Gasteiger partial charge in [0.1, 0.15) is 11.5 Å². The molecule has 2 atom stereocenters. The van der Waals surface area contributed by atoms with E-state index in [1.807, 2.05) is 0 Å². The quantitative estimate of drug-likeness (QED) is 0.634. The van der Waals surface area contributed by atoms with E-state index in [0.29, 0.717) is 6.42 Å². The predicted octanol–water partition coefficient (Wildman–Crippen LogP) is 1.13. The molecule has 1 fully saturated rings. The number of aromatic hydroxyl groups is 2. The fraction of sp³-hybridized carbons (Fsp3) is 0.462. The molecule has 98 valence electrons. The molecular weight excluding hydrogens is 234 g/mol. The lowest BCUT2D eigenvalue weighted by Crippen LogP contribution is -2.45. The molecule has 0 aromatic heterocycles. The molecule has 5 nitrogen and oxygen atoms in total. The minimum atomic E-state index is -0.520. The van der Waals surface area contributed by atoms with Gasteiger partial charge in [-0.2, -0.15) is 0 Å². The van der Waals surface area contributed by atoms with Gasteiger partial charge in [0.15, 0.2) is 0 Å². The third kappa shape index (κ3) is 2.92. The number of nitrogens with one attached hydrogen (secondary N) is 1. The molecule has 1 amide bonds. The zero-order valence-corrected chi connectivity index (χ0v) is 9.97. The summed E-state index contributed by atoms with van der Waals surface area (Å²) in [5, 5.41) is 31.1. The summed E-state index contributed by atoms with van der Waals surface area (Å²) in [6, 6.07) is 3.47. The molecule has 0 aliphatic heterocycles. The van der Waals surface area contributed by atoms with Crippen molar-refractivity contribution >= 4 is 5.91 Å². The molecule has 5 heteroatoms. The first kappa shape index (κ1) is 12.7. The van der Waals surface area contributed by atoms with E-state index < -0.39 is 12.0 Å². The van der Waals surface area contributed by atoms with Crippen LogP contribution >= 0.6 is 0 Å². The lowest BCUT2D eigenvalue weighted by molar-refractivity contribution is 0.0717. The summed E-state index contributed by atoms with van der Waals surface area (Å²) in [5.41, 5.74) is 0.185. The molecule has 1 saturated carbocycles. The topological polar surface area (TPSA) is 89.8 Å². The van der Waals surface area contributed by atoms with Crippen molar-refractivity contribution in [2.45, 2.75) is 37.8 Å².